The molecule has 0 spiro atoms. The maximum atomic E-state index is 10.3. The summed E-state index contributed by atoms with van der Waals surface area (Å²) < 4.78 is 0. The summed E-state index contributed by atoms with van der Waals surface area (Å²) in [4.78, 5) is 12.6. The predicted octanol–water partition coefficient (Wildman–Crippen LogP) is -1.28. The van der Waals surface area contributed by atoms with E-state index in [-0.39, 0.29) is 16.4 Å². The van der Waals surface area contributed by atoms with Gasteiger partial charge in [-0.2, -0.15) is 0 Å². The second-order valence-corrected chi connectivity index (χ2v) is 3.68. The van der Waals surface area contributed by atoms with Gasteiger partial charge < -0.3 is 26.4 Å². The summed E-state index contributed by atoms with van der Waals surface area (Å²) in [7, 11) is 2.12. The van der Waals surface area contributed by atoms with Gasteiger partial charge in [-0.25, -0.2) is 0 Å². The predicted molar refractivity (Wildman–Crippen MR) is 57.9 cm³/mol. The average molecular weight is 225 g/mol. The number of piperidine rings is 1. The molecule has 1 heterocycles. The van der Waals surface area contributed by atoms with Crippen molar-refractivity contribution in [3.8, 4) is 0 Å². The fourth-order valence-corrected chi connectivity index (χ4v) is 1.68. The van der Waals surface area contributed by atoms with Crippen molar-refractivity contribution in [2.24, 2.45) is 5.92 Å². The third-order valence-electron chi connectivity index (χ3n) is 2.60. The fourth-order valence-electron chi connectivity index (χ4n) is 1.68. The number of hydrogen-bond donors (Lipinski definition) is 1. The van der Waals surface area contributed by atoms with E-state index < -0.39 is 5.97 Å². The first-order valence-electron chi connectivity index (χ1n) is 4.59. The number of aliphatic carboxylic acids is 1. The molecule has 0 amide bonds. The lowest BCUT2D eigenvalue weighted by Crippen LogP contribution is -2.30. The molecule has 1 aliphatic rings. The van der Waals surface area contributed by atoms with Gasteiger partial charge in [0.2, 0.25) is 0 Å². The lowest BCUT2D eigenvalue weighted by Gasteiger charge is -2.28. The number of likely N-dealkylation sites (tertiary alicyclic amines) is 1. The van der Waals surface area contributed by atoms with E-state index in [0.29, 0.717) is 12.3 Å². The highest BCUT2D eigenvalue weighted by atomic mass is 16.4. The maximum absolute atomic E-state index is 10.3. The zero-order chi connectivity index (χ0) is 8.97. The summed E-state index contributed by atoms with van der Waals surface area (Å²) in [6.07, 6.45) is 3.55. The highest BCUT2D eigenvalue weighted by molar-refractivity contribution is 5.66. The number of nitrogens with zero attached hydrogens (tertiary/aromatic N) is 1. The molecule has 6 heteroatoms. The minimum Gasteiger partial charge on any atom is -0.481 e. The first kappa shape index (κ1) is 19.8. The summed E-state index contributed by atoms with van der Waals surface area (Å²) in [5, 5.41) is 8.49. The van der Waals surface area contributed by atoms with E-state index >= 15 is 0 Å². The maximum Gasteiger partial charge on any atom is 0.303 e. The van der Waals surface area contributed by atoms with Crippen LogP contribution in [0.25, 0.3) is 0 Å². The smallest absolute Gasteiger partial charge is 0.303 e. The van der Waals surface area contributed by atoms with Crippen molar-refractivity contribution in [1.82, 2.24) is 4.90 Å². The highest BCUT2D eigenvalue weighted by Gasteiger charge is 2.16. The molecule has 15 heavy (non-hydrogen) atoms. The van der Waals surface area contributed by atoms with Crippen molar-refractivity contribution in [2.45, 2.75) is 25.7 Å². The third-order valence-corrected chi connectivity index (χ3v) is 2.60. The topological polar surface area (TPSA) is 135 Å². The Balaban J connectivity index is -0.000000480. The van der Waals surface area contributed by atoms with Crippen LogP contribution in [-0.4, -0.2) is 52.5 Å². The van der Waals surface area contributed by atoms with Gasteiger partial charge in [-0.3, -0.25) is 4.79 Å². The van der Waals surface area contributed by atoms with E-state index in [9.17, 15) is 4.79 Å². The molecule has 1 fully saturated rings. The molecule has 0 aromatic rings. The molecular weight excluding hydrogens is 202 g/mol. The van der Waals surface area contributed by atoms with Gasteiger partial charge in [0.05, 0.1) is 0 Å². The van der Waals surface area contributed by atoms with Crippen LogP contribution in [0.5, 0.6) is 0 Å². The largest absolute Gasteiger partial charge is 0.481 e. The molecule has 7 N–H and O–H groups in total. The zero-order valence-corrected chi connectivity index (χ0v) is 9.12. The average Bonchev–Trinajstić information content (AvgIpc) is 2.03. The number of carboxylic acids is 1. The molecule has 0 aliphatic carbocycles. The lowest BCUT2D eigenvalue weighted by atomic mass is 9.92. The molecule has 0 bridgehead atoms. The number of rotatable bonds is 3. The molecular formula is C9H23NO5. The Morgan fingerprint density at radius 2 is 1.73 bits per heavy atom. The van der Waals surface area contributed by atoms with Crippen LogP contribution in [0.3, 0.4) is 0 Å². The minimum absolute atomic E-state index is 0. The number of carboxylic acid groups (broad SMARTS) is 1. The standard InChI is InChI=1S/C9H17NO2.3H2O/c1-10-6-4-8(5-7-10)2-3-9(11)12;;;/h8H,2-7H2,1H3,(H,11,12);3*1H2. The van der Waals surface area contributed by atoms with Crippen molar-refractivity contribution in [3.05, 3.63) is 0 Å². The van der Waals surface area contributed by atoms with Gasteiger partial charge in [0.1, 0.15) is 0 Å². The number of carbonyl (C=O) groups is 1. The molecule has 0 saturated carbocycles. The quantitative estimate of drug-likeness (QED) is 0.640. The molecule has 1 aliphatic heterocycles. The van der Waals surface area contributed by atoms with Crippen LogP contribution in [0.4, 0.5) is 0 Å². The Kier molecular flexibility index (Phi) is 13.0. The summed E-state index contributed by atoms with van der Waals surface area (Å²) in [5.41, 5.74) is 0. The van der Waals surface area contributed by atoms with E-state index in [4.69, 9.17) is 5.11 Å². The molecule has 1 rings (SSSR count). The molecule has 0 aromatic heterocycles. The van der Waals surface area contributed by atoms with Crippen molar-refractivity contribution in [3.63, 3.8) is 0 Å². The summed E-state index contributed by atoms with van der Waals surface area (Å²) in [6, 6.07) is 0. The van der Waals surface area contributed by atoms with E-state index in [0.717, 1.165) is 19.5 Å². The van der Waals surface area contributed by atoms with E-state index in [1.807, 2.05) is 0 Å². The van der Waals surface area contributed by atoms with Gasteiger partial charge in [0.25, 0.3) is 0 Å². The van der Waals surface area contributed by atoms with Crippen LogP contribution in [0.1, 0.15) is 25.7 Å². The normalized spacial score (nSPS) is 16.9. The van der Waals surface area contributed by atoms with Crippen molar-refractivity contribution in [1.29, 1.82) is 0 Å². The van der Waals surface area contributed by atoms with Crippen LogP contribution in [0.2, 0.25) is 0 Å². The Bertz CT molecular complexity index is 157. The number of hydrogen-bond acceptors (Lipinski definition) is 2. The van der Waals surface area contributed by atoms with E-state index in [1.54, 1.807) is 0 Å². The zero-order valence-electron chi connectivity index (χ0n) is 9.12. The third kappa shape index (κ3) is 8.31. The highest BCUT2D eigenvalue weighted by Crippen LogP contribution is 2.20. The van der Waals surface area contributed by atoms with Gasteiger partial charge in [-0.05, 0) is 45.3 Å². The molecule has 0 unspecified atom stereocenters. The fraction of sp³-hybridized carbons (Fsp3) is 0.889. The van der Waals surface area contributed by atoms with E-state index in [1.165, 1.54) is 12.8 Å². The SMILES string of the molecule is CN1CCC(CCC(=O)O)CC1.O.O.O. The Labute approximate surface area is 89.8 Å². The first-order valence-corrected chi connectivity index (χ1v) is 4.59. The summed E-state index contributed by atoms with van der Waals surface area (Å²) >= 11 is 0. The molecule has 0 aromatic carbocycles. The second-order valence-electron chi connectivity index (χ2n) is 3.68. The van der Waals surface area contributed by atoms with Gasteiger partial charge in [0.15, 0.2) is 0 Å². The van der Waals surface area contributed by atoms with Crippen molar-refractivity contribution >= 4 is 5.97 Å². The second kappa shape index (κ2) is 9.85. The molecule has 0 radical (unpaired) electrons. The summed E-state index contributed by atoms with van der Waals surface area (Å²) in [5.74, 6) is -0.00812. The Morgan fingerprint density at radius 3 is 2.13 bits per heavy atom. The van der Waals surface area contributed by atoms with Gasteiger partial charge in [-0.15, -0.1) is 0 Å². The van der Waals surface area contributed by atoms with Crippen LogP contribution in [0, 0.1) is 5.92 Å². The van der Waals surface area contributed by atoms with Crippen LogP contribution in [0.15, 0.2) is 0 Å². The minimum atomic E-state index is -0.658. The molecule has 94 valence electrons. The van der Waals surface area contributed by atoms with E-state index in [2.05, 4.69) is 11.9 Å². The van der Waals surface area contributed by atoms with Crippen molar-refractivity contribution < 1.29 is 26.3 Å². The van der Waals surface area contributed by atoms with Gasteiger partial charge in [-0.1, -0.05) is 0 Å². The molecule has 0 atom stereocenters. The Morgan fingerprint density at radius 1 is 1.27 bits per heavy atom. The first-order chi connectivity index (χ1) is 5.68. The lowest BCUT2D eigenvalue weighted by molar-refractivity contribution is -0.137. The van der Waals surface area contributed by atoms with Crippen LogP contribution >= 0.6 is 0 Å². The molecule has 6 nitrogen and oxygen atoms in total. The molecule has 1 saturated heterocycles. The van der Waals surface area contributed by atoms with Gasteiger partial charge in [0, 0.05) is 6.42 Å². The Hall–Kier alpha value is -0.690. The van der Waals surface area contributed by atoms with Crippen molar-refractivity contribution in [2.75, 3.05) is 20.1 Å². The van der Waals surface area contributed by atoms with Gasteiger partial charge >= 0.3 is 5.97 Å². The monoisotopic (exact) mass is 225 g/mol. The van der Waals surface area contributed by atoms with Crippen LogP contribution < -0.4 is 0 Å². The van der Waals surface area contributed by atoms with Crippen LogP contribution in [-0.2, 0) is 4.79 Å². The summed E-state index contributed by atoms with van der Waals surface area (Å²) in [6.45, 7) is 2.26.